The van der Waals surface area contributed by atoms with Crippen LogP contribution in [-0.4, -0.2) is 44.8 Å². The van der Waals surface area contributed by atoms with Crippen LogP contribution in [0.4, 0.5) is 28.6 Å². The number of pyridine rings is 2. The summed E-state index contributed by atoms with van der Waals surface area (Å²) < 4.78 is 0. The van der Waals surface area contributed by atoms with Gasteiger partial charge in [0.1, 0.15) is 11.0 Å². The van der Waals surface area contributed by atoms with Crippen molar-refractivity contribution in [2.45, 2.75) is 12.8 Å². The molecule has 0 saturated carbocycles. The van der Waals surface area contributed by atoms with Gasteiger partial charge in [-0.15, -0.1) is 0 Å². The summed E-state index contributed by atoms with van der Waals surface area (Å²) in [4.78, 5) is 40.0. The highest BCUT2D eigenvalue weighted by Crippen LogP contribution is 2.32. The number of nitrogen functional groups attached to an aromatic ring is 3. The molecule has 0 spiro atoms. The lowest BCUT2D eigenvalue weighted by molar-refractivity contribution is 0.0937. The molecule has 0 unspecified atom stereocenters. The zero-order chi connectivity index (χ0) is 39.5. The van der Waals surface area contributed by atoms with Crippen LogP contribution in [0.15, 0.2) is 121 Å². The van der Waals surface area contributed by atoms with E-state index in [0.29, 0.717) is 40.9 Å². The Kier molecular flexibility index (Phi) is 10.2. The van der Waals surface area contributed by atoms with Crippen molar-refractivity contribution in [3.8, 4) is 22.5 Å². The number of benzene rings is 4. The Bertz CT molecular complexity index is 2780. The van der Waals surface area contributed by atoms with Crippen LogP contribution in [0.3, 0.4) is 0 Å². The molecule has 2 amide bonds. The van der Waals surface area contributed by atoms with Crippen LogP contribution in [0.2, 0.25) is 5.15 Å². The summed E-state index contributed by atoms with van der Waals surface area (Å²) >= 11 is 6.02. The second-order valence-electron chi connectivity index (χ2n) is 13.7. The van der Waals surface area contributed by atoms with Gasteiger partial charge < -0.3 is 43.1 Å². The summed E-state index contributed by atoms with van der Waals surface area (Å²) in [6.45, 7) is 1.33. The number of nitrogens with two attached hydrogens (primary N) is 3. The van der Waals surface area contributed by atoms with Crippen LogP contribution in [0, 0.1) is 0 Å². The predicted molar refractivity (Wildman–Crippen MR) is 230 cm³/mol. The van der Waals surface area contributed by atoms with Gasteiger partial charge in [0.05, 0.1) is 22.2 Å². The lowest BCUT2D eigenvalue weighted by Crippen LogP contribution is -2.31. The first-order valence-electron chi connectivity index (χ1n) is 18.4. The first kappa shape index (κ1) is 36.7. The second kappa shape index (κ2) is 15.8. The number of carbonyl (C=O) groups excluding carboxylic acids is 2. The number of para-hydroxylation sites is 2. The van der Waals surface area contributed by atoms with Crippen LogP contribution >= 0.6 is 11.6 Å². The molecular formula is C44H39ClN10O2. The van der Waals surface area contributed by atoms with Gasteiger partial charge in [0.25, 0.3) is 11.8 Å². The smallest absolute Gasteiger partial charge is 0.253 e. The van der Waals surface area contributed by atoms with Crippen LogP contribution < -0.4 is 33.2 Å². The predicted octanol–water partition coefficient (Wildman–Crippen LogP) is 7.86. The number of rotatable bonds is 4. The average Bonchev–Trinajstić information content (AvgIpc) is 3.85. The molecule has 0 radical (unpaired) electrons. The number of aromatic nitrogens is 4. The van der Waals surface area contributed by atoms with Gasteiger partial charge in [-0.1, -0.05) is 60.1 Å². The molecule has 0 bridgehead atoms. The minimum absolute atomic E-state index is 0.0232. The molecule has 12 nitrogen and oxygen atoms in total. The molecule has 2 aliphatic heterocycles. The molecule has 6 heterocycles. The lowest BCUT2D eigenvalue weighted by Gasteiger charge is -2.11. The van der Waals surface area contributed by atoms with Gasteiger partial charge in [-0.3, -0.25) is 9.59 Å². The molecule has 13 heteroatoms. The molecule has 8 aromatic rings. The fourth-order valence-corrected chi connectivity index (χ4v) is 7.12. The van der Waals surface area contributed by atoms with Gasteiger partial charge in [-0.05, 0) is 72.8 Å². The maximum Gasteiger partial charge on any atom is 0.253 e. The summed E-state index contributed by atoms with van der Waals surface area (Å²) in [5.41, 5.74) is 28.5. The van der Waals surface area contributed by atoms with Crippen molar-refractivity contribution in [3.05, 3.63) is 149 Å². The quantitative estimate of drug-likeness (QED) is 0.0651. The molecule has 0 aliphatic carbocycles. The SMILES string of the molecule is Nc1cccc(N)c1.Nc1cccc(Nc2ccc3cccc(-c4cc5c([nH]4)CCNC5=O)c3n2)c1.O=C1NCCc2[nH]c(-c3cccc4ccc(Cl)nc34)cc21. The number of aromatic amines is 2. The fraction of sp³-hybridized carbons (Fsp3) is 0.0909. The number of carbonyl (C=O) groups is 2. The summed E-state index contributed by atoms with van der Waals surface area (Å²) in [5.74, 6) is 0.686. The van der Waals surface area contributed by atoms with E-state index in [9.17, 15) is 9.59 Å². The van der Waals surface area contributed by atoms with Gasteiger partial charge >= 0.3 is 0 Å². The summed E-state index contributed by atoms with van der Waals surface area (Å²) in [5, 5.41) is 11.6. The number of nitrogens with one attached hydrogen (secondary N) is 5. The zero-order valence-electron chi connectivity index (χ0n) is 30.7. The Labute approximate surface area is 332 Å². The lowest BCUT2D eigenvalue weighted by atomic mass is 10.1. The van der Waals surface area contributed by atoms with Crippen molar-refractivity contribution >= 4 is 73.8 Å². The third-order valence-corrected chi connectivity index (χ3v) is 9.88. The largest absolute Gasteiger partial charge is 0.399 e. The van der Waals surface area contributed by atoms with Crippen LogP contribution in [0.5, 0.6) is 0 Å². The number of fused-ring (bicyclic) bond motifs is 4. The standard InChI is InChI=1S/C22H19N5O.C16H12ClN3O.C6H8N2/c23-14-4-2-5-15(11-14)25-20-8-7-13-3-1-6-16(21(13)27-20)19-12-17-18(26-19)9-10-24-22(17)28;17-14-5-4-9-2-1-3-10(15(9)20-14)13-8-11-12(19-13)6-7-18-16(11)21;7-5-2-1-3-6(8)4-5/h1-8,11-12,26H,9-10,23H2,(H,24,28)(H,25,27);1-5,8,19H,6-7H2,(H,18,21);1-4H,7-8H2. The number of hydrogen-bond acceptors (Lipinski definition) is 8. The van der Waals surface area contributed by atoms with E-state index in [1.165, 1.54) is 0 Å². The molecule has 0 fully saturated rings. The fourth-order valence-electron chi connectivity index (χ4n) is 6.98. The Morgan fingerprint density at radius 3 is 1.58 bits per heavy atom. The van der Waals surface area contributed by atoms with Crippen molar-refractivity contribution in [2.24, 2.45) is 0 Å². The highest BCUT2D eigenvalue weighted by molar-refractivity contribution is 6.30. The molecule has 4 aromatic carbocycles. The van der Waals surface area contributed by atoms with E-state index in [4.69, 9.17) is 33.8 Å². The monoisotopic (exact) mass is 774 g/mol. The van der Waals surface area contributed by atoms with Crippen LogP contribution in [0.1, 0.15) is 32.1 Å². The van der Waals surface area contributed by atoms with Crippen molar-refractivity contribution < 1.29 is 9.59 Å². The number of amides is 2. The maximum absolute atomic E-state index is 12.1. The molecule has 11 N–H and O–H groups in total. The van der Waals surface area contributed by atoms with Gasteiger partial charge in [-0.25, -0.2) is 9.97 Å². The first-order valence-corrected chi connectivity index (χ1v) is 18.8. The average molecular weight is 775 g/mol. The molecule has 2 aliphatic rings. The highest BCUT2D eigenvalue weighted by atomic mass is 35.5. The second-order valence-corrected chi connectivity index (χ2v) is 14.1. The first-order chi connectivity index (χ1) is 27.7. The van der Waals surface area contributed by atoms with E-state index in [-0.39, 0.29) is 11.8 Å². The Hall–Kier alpha value is -7.31. The number of nitrogens with zero attached hydrogens (tertiary/aromatic N) is 2. The summed E-state index contributed by atoms with van der Waals surface area (Å²) in [7, 11) is 0. The van der Waals surface area contributed by atoms with E-state index in [1.54, 1.807) is 24.3 Å². The van der Waals surface area contributed by atoms with Crippen LogP contribution in [0.25, 0.3) is 44.3 Å². The van der Waals surface area contributed by atoms with Crippen molar-refractivity contribution in [1.29, 1.82) is 0 Å². The van der Waals surface area contributed by atoms with E-state index in [1.807, 2.05) is 97.1 Å². The van der Waals surface area contributed by atoms with E-state index in [0.717, 1.165) is 85.6 Å². The number of anilines is 5. The Morgan fingerprint density at radius 2 is 1.05 bits per heavy atom. The van der Waals surface area contributed by atoms with E-state index >= 15 is 0 Å². The maximum atomic E-state index is 12.1. The zero-order valence-corrected chi connectivity index (χ0v) is 31.5. The van der Waals surface area contributed by atoms with Crippen molar-refractivity contribution in [3.63, 3.8) is 0 Å². The summed E-state index contributed by atoms with van der Waals surface area (Å²) in [6.07, 6.45) is 1.63. The topological polar surface area (TPSA) is 206 Å². The van der Waals surface area contributed by atoms with E-state index < -0.39 is 0 Å². The number of hydrogen-bond donors (Lipinski definition) is 8. The molecule has 10 rings (SSSR count). The molecule has 0 atom stereocenters. The van der Waals surface area contributed by atoms with Gasteiger partial charge in [0, 0.05) is 93.4 Å². The number of halogens is 1. The normalized spacial score (nSPS) is 12.9. The molecule has 57 heavy (non-hydrogen) atoms. The minimum atomic E-state index is -0.0269. The van der Waals surface area contributed by atoms with Crippen LogP contribution in [-0.2, 0) is 12.8 Å². The highest BCUT2D eigenvalue weighted by Gasteiger charge is 2.22. The van der Waals surface area contributed by atoms with E-state index in [2.05, 4.69) is 30.9 Å². The van der Waals surface area contributed by atoms with Crippen molar-refractivity contribution in [2.75, 3.05) is 35.6 Å². The van der Waals surface area contributed by atoms with Crippen molar-refractivity contribution in [1.82, 2.24) is 30.6 Å². The van der Waals surface area contributed by atoms with Gasteiger partial charge in [0.15, 0.2) is 0 Å². The summed E-state index contributed by atoms with van der Waals surface area (Å²) in [6, 6.07) is 38.3. The Morgan fingerprint density at radius 1 is 0.544 bits per heavy atom. The minimum Gasteiger partial charge on any atom is -0.399 e. The van der Waals surface area contributed by atoms with Gasteiger partial charge in [-0.2, -0.15) is 0 Å². The molecule has 4 aromatic heterocycles. The van der Waals surface area contributed by atoms with Gasteiger partial charge in [0.2, 0.25) is 0 Å². The Balaban J connectivity index is 0.000000137. The molecule has 0 saturated heterocycles. The molecule has 284 valence electrons. The third-order valence-electron chi connectivity index (χ3n) is 9.67. The number of H-pyrrole nitrogens is 2. The third kappa shape index (κ3) is 8.07. The molecular weight excluding hydrogens is 736 g/mol.